The zero-order valence-electron chi connectivity index (χ0n) is 11.9. The van der Waals surface area contributed by atoms with Crippen LogP contribution in [0.4, 0.5) is 5.82 Å². The van der Waals surface area contributed by atoms with Crippen molar-refractivity contribution in [2.75, 3.05) is 5.32 Å². The van der Waals surface area contributed by atoms with Crippen LogP contribution in [0.5, 0.6) is 0 Å². The lowest BCUT2D eigenvalue weighted by Gasteiger charge is -2.08. The van der Waals surface area contributed by atoms with Crippen LogP contribution in [0.2, 0.25) is 0 Å². The normalized spacial score (nSPS) is 20.6. The summed E-state index contributed by atoms with van der Waals surface area (Å²) in [5.41, 5.74) is 1.42. The zero-order chi connectivity index (χ0) is 14.2. The van der Waals surface area contributed by atoms with Crippen LogP contribution in [0.15, 0.2) is 41.8 Å². The van der Waals surface area contributed by atoms with Crippen molar-refractivity contribution in [1.29, 1.82) is 0 Å². The molecule has 0 spiro atoms. The molecule has 3 nitrogen and oxygen atoms in total. The Labute approximate surface area is 128 Å². The van der Waals surface area contributed by atoms with Crippen LogP contribution in [0, 0.1) is 0 Å². The summed E-state index contributed by atoms with van der Waals surface area (Å²) in [7, 11) is 0. The van der Waals surface area contributed by atoms with Crippen molar-refractivity contribution in [1.82, 2.24) is 9.97 Å². The van der Waals surface area contributed by atoms with E-state index >= 15 is 0 Å². The standard InChI is InChI=1S/C17H17N3S/c1-2-15-19-16(12-8-9-21-17(12)20-15)18-14-10-13(14)11-6-4-3-5-7-11/h3-9,13-14H,2,10H2,1H3,(H,18,19,20)/t13-,14+/m0/s1. The molecule has 0 bridgehead atoms. The third-order valence-electron chi connectivity index (χ3n) is 4.03. The quantitative estimate of drug-likeness (QED) is 0.783. The second-order valence-electron chi connectivity index (χ2n) is 5.49. The lowest BCUT2D eigenvalue weighted by atomic mass is 10.1. The minimum atomic E-state index is 0.495. The number of aromatic nitrogens is 2. The number of hydrogen-bond donors (Lipinski definition) is 1. The van der Waals surface area contributed by atoms with E-state index in [-0.39, 0.29) is 0 Å². The van der Waals surface area contributed by atoms with Crippen molar-refractivity contribution < 1.29 is 0 Å². The molecule has 4 heteroatoms. The van der Waals surface area contributed by atoms with E-state index in [0.717, 1.165) is 28.3 Å². The molecular weight excluding hydrogens is 278 g/mol. The highest BCUT2D eigenvalue weighted by Crippen LogP contribution is 2.43. The van der Waals surface area contributed by atoms with Gasteiger partial charge in [0.05, 0.1) is 5.39 Å². The van der Waals surface area contributed by atoms with Crippen LogP contribution in [-0.2, 0) is 6.42 Å². The highest BCUT2D eigenvalue weighted by atomic mass is 32.1. The van der Waals surface area contributed by atoms with Gasteiger partial charge in [0.25, 0.3) is 0 Å². The largest absolute Gasteiger partial charge is 0.366 e. The fraction of sp³-hybridized carbons (Fsp3) is 0.294. The maximum atomic E-state index is 4.68. The van der Waals surface area contributed by atoms with Crippen LogP contribution in [0.3, 0.4) is 0 Å². The summed E-state index contributed by atoms with van der Waals surface area (Å²) < 4.78 is 0. The Morgan fingerprint density at radius 2 is 2.05 bits per heavy atom. The van der Waals surface area contributed by atoms with E-state index in [0.29, 0.717) is 12.0 Å². The molecule has 2 atom stereocenters. The summed E-state index contributed by atoms with van der Waals surface area (Å²) >= 11 is 1.68. The highest BCUT2D eigenvalue weighted by molar-refractivity contribution is 7.16. The van der Waals surface area contributed by atoms with Crippen molar-refractivity contribution in [3.8, 4) is 0 Å². The third-order valence-corrected chi connectivity index (χ3v) is 4.83. The molecular formula is C17H17N3S. The molecule has 21 heavy (non-hydrogen) atoms. The van der Waals surface area contributed by atoms with E-state index in [4.69, 9.17) is 0 Å². The topological polar surface area (TPSA) is 37.8 Å². The molecule has 0 unspecified atom stereocenters. The first kappa shape index (κ1) is 12.8. The fourth-order valence-corrected chi connectivity index (χ4v) is 3.55. The molecule has 1 N–H and O–H groups in total. The number of thiophene rings is 1. The molecule has 1 fully saturated rings. The van der Waals surface area contributed by atoms with Gasteiger partial charge < -0.3 is 5.32 Å². The number of rotatable bonds is 4. The Morgan fingerprint density at radius 3 is 2.86 bits per heavy atom. The van der Waals surface area contributed by atoms with Gasteiger partial charge >= 0.3 is 0 Å². The van der Waals surface area contributed by atoms with E-state index in [1.165, 1.54) is 12.0 Å². The van der Waals surface area contributed by atoms with Crippen LogP contribution < -0.4 is 5.32 Å². The van der Waals surface area contributed by atoms with Crippen molar-refractivity contribution >= 4 is 27.4 Å². The molecule has 1 aromatic carbocycles. The van der Waals surface area contributed by atoms with E-state index in [2.05, 4.69) is 64.0 Å². The Hall–Kier alpha value is -1.94. The number of hydrogen-bond acceptors (Lipinski definition) is 4. The number of nitrogens with zero attached hydrogens (tertiary/aromatic N) is 2. The monoisotopic (exact) mass is 295 g/mol. The van der Waals surface area contributed by atoms with Gasteiger partial charge in [0.2, 0.25) is 0 Å². The average molecular weight is 295 g/mol. The van der Waals surface area contributed by atoms with Gasteiger partial charge in [0, 0.05) is 18.4 Å². The average Bonchev–Trinajstić information content (AvgIpc) is 3.12. The first-order valence-corrected chi connectivity index (χ1v) is 8.28. The molecule has 0 radical (unpaired) electrons. The summed E-state index contributed by atoms with van der Waals surface area (Å²) in [6, 6.07) is 13.3. The zero-order valence-corrected chi connectivity index (χ0v) is 12.7. The summed E-state index contributed by atoms with van der Waals surface area (Å²) in [5.74, 6) is 2.53. The van der Waals surface area contributed by atoms with E-state index in [9.17, 15) is 0 Å². The summed E-state index contributed by atoms with van der Waals surface area (Å²) in [6.07, 6.45) is 2.05. The minimum Gasteiger partial charge on any atom is -0.366 e. The Kier molecular flexibility index (Phi) is 3.11. The molecule has 1 aliphatic carbocycles. The van der Waals surface area contributed by atoms with Gasteiger partial charge in [-0.25, -0.2) is 9.97 Å². The summed E-state index contributed by atoms with van der Waals surface area (Å²) in [5, 5.41) is 6.86. The van der Waals surface area contributed by atoms with E-state index in [1.54, 1.807) is 11.3 Å². The van der Waals surface area contributed by atoms with Crippen LogP contribution in [0.1, 0.15) is 30.7 Å². The van der Waals surface area contributed by atoms with E-state index in [1.807, 2.05) is 0 Å². The number of aryl methyl sites for hydroxylation is 1. The molecule has 1 aliphatic rings. The first-order valence-electron chi connectivity index (χ1n) is 7.40. The van der Waals surface area contributed by atoms with Crippen LogP contribution in [0.25, 0.3) is 10.2 Å². The molecule has 106 valence electrons. The van der Waals surface area contributed by atoms with E-state index < -0.39 is 0 Å². The fourth-order valence-electron chi connectivity index (χ4n) is 2.77. The van der Waals surface area contributed by atoms with Crippen LogP contribution >= 0.6 is 11.3 Å². The van der Waals surface area contributed by atoms with Crippen molar-refractivity contribution in [3.05, 3.63) is 53.2 Å². The molecule has 2 aromatic heterocycles. The smallest absolute Gasteiger partial charge is 0.138 e. The molecule has 4 rings (SSSR count). The maximum Gasteiger partial charge on any atom is 0.138 e. The highest BCUT2D eigenvalue weighted by Gasteiger charge is 2.38. The van der Waals surface area contributed by atoms with Gasteiger partial charge in [-0.1, -0.05) is 37.3 Å². The molecule has 1 saturated carbocycles. The predicted molar refractivity (Wildman–Crippen MR) is 88.0 cm³/mol. The number of fused-ring (bicyclic) bond motifs is 1. The van der Waals surface area contributed by atoms with Gasteiger partial charge in [-0.05, 0) is 23.4 Å². The van der Waals surface area contributed by atoms with Crippen molar-refractivity contribution in [2.24, 2.45) is 0 Å². The predicted octanol–water partition coefficient (Wildman–Crippen LogP) is 4.22. The number of nitrogens with one attached hydrogen (secondary N) is 1. The van der Waals surface area contributed by atoms with Crippen molar-refractivity contribution in [2.45, 2.75) is 31.7 Å². The number of benzene rings is 1. The molecule has 3 aromatic rings. The molecule has 2 heterocycles. The lowest BCUT2D eigenvalue weighted by molar-refractivity contribution is 0.950. The summed E-state index contributed by atoms with van der Waals surface area (Å²) in [6.45, 7) is 2.10. The van der Waals surface area contributed by atoms with Gasteiger partial charge in [0.1, 0.15) is 16.5 Å². The Balaban J connectivity index is 1.60. The third kappa shape index (κ3) is 2.40. The first-order chi connectivity index (χ1) is 10.3. The molecule has 0 saturated heterocycles. The Bertz CT molecular complexity index is 766. The van der Waals surface area contributed by atoms with Gasteiger partial charge in [-0.2, -0.15) is 0 Å². The number of anilines is 1. The van der Waals surface area contributed by atoms with Crippen molar-refractivity contribution in [3.63, 3.8) is 0 Å². The van der Waals surface area contributed by atoms with Gasteiger partial charge in [-0.15, -0.1) is 11.3 Å². The molecule has 0 amide bonds. The van der Waals surface area contributed by atoms with Gasteiger partial charge in [-0.3, -0.25) is 0 Å². The summed E-state index contributed by atoms with van der Waals surface area (Å²) in [4.78, 5) is 10.4. The Morgan fingerprint density at radius 1 is 1.19 bits per heavy atom. The molecule has 0 aliphatic heterocycles. The minimum absolute atomic E-state index is 0.495. The lowest BCUT2D eigenvalue weighted by Crippen LogP contribution is -2.08. The second-order valence-corrected chi connectivity index (χ2v) is 6.38. The SMILES string of the molecule is CCc1nc(N[C@@H]2C[C@H]2c2ccccc2)c2ccsc2n1. The maximum absolute atomic E-state index is 4.68. The van der Waals surface area contributed by atoms with Crippen LogP contribution in [-0.4, -0.2) is 16.0 Å². The van der Waals surface area contributed by atoms with Gasteiger partial charge in [0.15, 0.2) is 0 Å². The second kappa shape index (κ2) is 5.11.